The Labute approximate surface area is 108 Å². The van der Waals surface area contributed by atoms with Crippen LogP contribution in [0.5, 0.6) is 0 Å². The van der Waals surface area contributed by atoms with Crippen LogP contribution in [0.25, 0.3) is 0 Å². The molecule has 1 N–H and O–H groups in total. The molecule has 1 rings (SSSR count). The minimum atomic E-state index is -0.410. The van der Waals surface area contributed by atoms with Gasteiger partial charge in [0.05, 0.1) is 13.2 Å². The first-order valence-electron chi connectivity index (χ1n) is 6.20. The molecule has 0 radical (unpaired) electrons. The van der Waals surface area contributed by atoms with Crippen molar-refractivity contribution in [2.45, 2.75) is 26.5 Å². The molecule has 0 saturated carbocycles. The van der Waals surface area contributed by atoms with Gasteiger partial charge < -0.3 is 14.8 Å². The molecule has 4 nitrogen and oxygen atoms in total. The smallest absolute Gasteiger partial charge is 0.327 e. The van der Waals surface area contributed by atoms with Crippen LogP contribution in [0, 0.1) is 0 Å². The van der Waals surface area contributed by atoms with E-state index in [2.05, 4.69) is 5.32 Å². The molecule has 1 unspecified atom stereocenters. The van der Waals surface area contributed by atoms with Crippen LogP contribution in [-0.2, 0) is 20.9 Å². The molecule has 0 aliphatic heterocycles. The lowest BCUT2D eigenvalue weighted by atomic mass is 10.0. The number of ether oxygens (including phenoxy) is 2. The first-order chi connectivity index (χ1) is 8.72. The van der Waals surface area contributed by atoms with Gasteiger partial charge in [-0.3, -0.25) is 0 Å². The van der Waals surface area contributed by atoms with Crippen LogP contribution in [0.1, 0.15) is 31.0 Å². The number of benzene rings is 1. The van der Waals surface area contributed by atoms with Gasteiger partial charge in [0.2, 0.25) is 0 Å². The Hall–Kier alpha value is -1.39. The molecule has 0 heterocycles. The van der Waals surface area contributed by atoms with Crippen LogP contribution in [0.2, 0.25) is 0 Å². The summed E-state index contributed by atoms with van der Waals surface area (Å²) in [6, 6.07) is 7.37. The Morgan fingerprint density at radius 3 is 2.78 bits per heavy atom. The lowest BCUT2D eigenvalue weighted by Crippen LogP contribution is -2.30. The third-order valence-corrected chi connectivity index (χ3v) is 2.53. The van der Waals surface area contributed by atoms with Crippen LogP contribution in [-0.4, -0.2) is 26.2 Å². The summed E-state index contributed by atoms with van der Waals surface area (Å²) in [6.07, 6.45) is 0. The predicted octanol–water partition coefficient (Wildman–Crippen LogP) is 2.05. The second-order valence-electron chi connectivity index (χ2n) is 3.92. The van der Waals surface area contributed by atoms with Gasteiger partial charge in [-0.05, 0) is 24.6 Å². The maximum Gasteiger partial charge on any atom is 0.327 e. The molecule has 4 heteroatoms. The van der Waals surface area contributed by atoms with Gasteiger partial charge in [-0.15, -0.1) is 0 Å². The van der Waals surface area contributed by atoms with Gasteiger partial charge in [-0.1, -0.05) is 31.2 Å². The van der Waals surface area contributed by atoms with Crippen molar-refractivity contribution < 1.29 is 14.3 Å². The fourth-order valence-corrected chi connectivity index (χ4v) is 1.80. The van der Waals surface area contributed by atoms with Crippen LogP contribution in [0.15, 0.2) is 24.3 Å². The molecule has 0 aromatic heterocycles. The van der Waals surface area contributed by atoms with Gasteiger partial charge in [0, 0.05) is 7.11 Å². The highest BCUT2D eigenvalue weighted by atomic mass is 16.5. The average molecular weight is 251 g/mol. The molecular weight excluding hydrogens is 230 g/mol. The van der Waals surface area contributed by atoms with Crippen LogP contribution < -0.4 is 5.32 Å². The maximum atomic E-state index is 11.9. The fourth-order valence-electron chi connectivity index (χ4n) is 1.80. The summed E-state index contributed by atoms with van der Waals surface area (Å²) in [4.78, 5) is 11.9. The van der Waals surface area contributed by atoms with E-state index in [0.717, 1.165) is 11.1 Å². The standard InChI is InChI=1S/C14H21NO3/c1-4-15-13(14(16)18-5-2)12-8-6-7-11(9-12)10-17-3/h6-9,13,15H,4-5,10H2,1-3H3. The summed E-state index contributed by atoms with van der Waals surface area (Å²) in [5, 5.41) is 3.14. The molecule has 0 aliphatic carbocycles. The number of methoxy groups -OCH3 is 1. The van der Waals surface area contributed by atoms with Gasteiger partial charge in [0.1, 0.15) is 6.04 Å². The monoisotopic (exact) mass is 251 g/mol. The highest BCUT2D eigenvalue weighted by molar-refractivity contribution is 5.77. The van der Waals surface area contributed by atoms with E-state index in [9.17, 15) is 4.79 Å². The summed E-state index contributed by atoms with van der Waals surface area (Å²) in [5.41, 5.74) is 1.95. The molecule has 18 heavy (non-hydrogen) atoms. The second-order valence-corrected chi connectivity index (χ2v) is 3.92. The molecular formula is C14H21NO3. The Kier molecular flexibility index (Phi) is 6.39. The Balaban J connectivity index is 2.90. The van der Waals surface area contributed by atoms with Gasteiger partial charge in [-0.2, -0.15) is 0 Å². The fraction of sp³-hybridized carbons (Fsp3) is 0.500. The minimum absolute atomic E-state index is 0.242. The summed E-state index contributed by atoms with van der Waals surface area (Å²) >= 11 is 0. The first kappa shape index (κ1) is 14.7. The number of esters is 1. The summed E-state index contributed by atoms with van der Waals surface area (Å²) in [5.74, 6) is -0.242. The highest BCUT2D eigenvalue weighted by Gasteiger charge is 2.20. The van der Waals surface area contributed by atoms with Crippen molar-refractivity contribution in [3.8, 4) is 0 Å². The third kappa shape index (κ3) is 4.13. The molecule has 100 valence electrons. The SMILES string of the molecule is CCNC(C(=O)OCC)c1cccc(COC)c1. The Morgan fingerprint density at radius 1 is 1.39 bits per heavy atom. The Bertz CT molecular complexity index is 379. The molecule has 0 aliphatic rings. The van der Waals surface area contributed by atoms with E-state index >= 15 is 0 Å². The normalized spacial score (nSPS) is 12.2. The molecule has 0 spiro atoms. The minimum Gasteiger partial charge on any atom is -0.465 e. The van der Waals surface area contributed by atoms with E-state index in [-0.39, 0.29) is 5.97 Å². The number of rotatable bonds is 7. The summed E-state index contributed by atoms with van der Waals surface area (Å²) in [6.45, 7) is 5.40. The topological polar surface area (TPSA) is 47.6 Å². The molecule has 1 aromatic rings. The second kappa shape index (κ2) is 7.84. The molecule has 1 atom stereocenters. The van der Waals surface area contributed by atoms with Gasteiger partial charge in [0.15, 0.2) is 0 Å². The van der Waals surface area contributed by atoms with Crippen LogP contribution >= 0.6 is 0 Å². The van der Waals surface area contributed by atoms with E-state index in [1.165, 1.54) is 0 Å². The lowest BCUT2D eigenvalue weighted by Gasteiger charge is -2.17. The number of hydrogen-bond donors (Lipinski definition) is 1. The average Bonchev–Trinajstić information content (AvgIpc) is 2.37. The van der Waals surface area contributed by atoms with Gasteiger partial charge >= 0.3 is 5.97 Å². The first-order valence-corrected chi connectivity index (χ1v) is 6.20. The van der Waals surface area contributed by atoms with Gasteiger partial charge in [-0.25, -0.2) is 4.79 Å². The zero-order valence-electron chi connectivity index (χ0n) is 11.2. The molecule has 0 fully saturated rings. The highest BCUT2D eigenvalue weighted by Crippen LogP contribution is 2.17. The van der Waals surface area contributed by atoms with Crippen molar-refractivity contribution >= 4 is 5.97 Å². The van der Waals surface area contributed by atoms with E-state index in [1.807, 2.05) is 38.1 Å². The van der Waals surface area contributed by atoms with E-state index < -0.39 is 6.04 Å². The van der Waals surface area contributed by atoms with Crippen molar-refractivity contribution in [2.24, 2.45) is 0 Å². The molecule has 0 bridgehead atoms. The maximum absolute atomic E-state index is 11.9. The summed E-state index contributed by atoms with van der Waals surface area (Å²) in [7, 11) is 1.65. The van der Waals surface area contributed by atoms with Crippen molar-refractivity contribution in [1.29, 1.82) is 0 Å². The lowest BCUT2D eigenvalue weighted by molar-refractivity contribution is -0.145. The van der Waals surface area contributed by atoms with Crippen molar-refractivity contribution in [1.82, 2.24) is 5.32 Å². The van der Waals surface area contributed by atoms with E-state index in [1.54, 1.807) is 7.11 Å². The molecule has 1 aromatic carbocycles. The largest absolute Gasteiger partial charge is 0.465 e. The van der Waals surface area contributed by atoms with Crippen LogP contribution in [0.3, 0.4) is 0 Å². The van der Waals surface area contributed by atoms with E-state index in [0.29, 0.717) is 19.8 Å². The number of nitrogens with one attached hydrogen (secondary N) is 1. The molecule has 0 amide bonds. The number of carbonyl (C=O) groups is 1. The van der Waals surface area contributed by atoms with Crippen molar-refractivity contribution in [3.63, 3.8) is 0 Å². The van der Waals surface area contributed by atoms with Gasteiger partial charge in [0.25, 0.3) is 0 Å². The Morgan fingerprint density at radius 2 is 2.17 bits per heavy atom. The van der Waals surface area contributed by atoms with E-state index in [4.69, 9.17) is 9.47 Å². The third-order valence-electron chi connectivity index (χ3n) is 2.53. The zero-order valence-corrected chi connectivity index (χ0v) is 11.2. The predicted molar refractivity (Wildman–Crippen MR) is 70.2 cm³/mol. The quantitative estimate of drug-likeness (QED) is 0.753. The number of hydrogen-bond acceptors (Lipinski definition) is 4. The zero-order chi connectivity index (χ0) is 13.4. The summed E-state index contributed by atoms with van der Waals surface area (Å²) < 4.78 is 10.2. The number of likely N-dealkylation sites (N-methyl/N-ethyl adjacent to an activating group) is 1. The van der Waals surface area contributed by atoms with Crippen molar-refractivity contribution in [3.05, 3.63) is 35.4 Å². The number of carbonyl (C=O) groups excluding carboxylic acids is 1. The van der Waals surface area contributed by atoms with Crippen molar-refractivity contribution in [2.75, 3.05) is 20.3 Å². The molecule has 0 saturated heterocycles. The van der Waals surface area contributed by atoms with Crippen LogP contribution in [0.4, 0.5) is 0 Å².